The Morgan fingerprint density at radius 3 is 2.41 bits per heavy atom. The van der Waals surface area contributed by atoms with Gasteiger partial charge in [0, 0.05) is 0 Å². The van der Waals surface area contributed by atoms with Gasteiger partial charge in [0.15, 0.2) is 5.78 Å². The Bertz CT molecular complexity index is 697. The molecule has 0 amide bonds. The Hall–Kier alpha value is -2.89. The van der Waals surface area contributed by atoms with Gasteiger partial charge >= 0.3 is 5.69 Å². The number of rotatable bonds is 6. The number of methoxy groups -OCH3 is 1. The second kappa shape index (κ2) is 6.71. The highest BCUT2D eigenvalue weighted by atomic mass is 16.6. The molecule has 0 bridgehead atoms. The lowest BCUT2D eigenvalue weighted by Gasteiger charge is -2.11. The van der Waals surface area contributed by atoms with Gasteiger partial charge in [-0.3, -0.25) is 14.9 Å². The zero-order chi connectivity index (χ0) is 16.1. The number of ether oxygens (including phenoxy) is 2. The number of ketones is 1. The average molecular weight is 301 g/mol. The van der Waals surface area contributed by atoms with Gasteiger partial charge in [-0.15, -0.1) is 0 Å². The fourth-order valence-corrected chi connectivity index (χ4v) is 2.06. The van der Waals surface area contributed by atoms with Crippen LogP contribution < -0.4 is 9.47 Å². The van der Waals surface area contributed by atoms with E-state index in [4.69, 9.17) is 9.47 Å². The van der Waals surface area contributed by atoms with Crippen molar-refractivity contribution in [1.82, 2.24) is 0 Å². The van der Waals surface area contributed by atoms with E-state index >= 15 is 0 Å². The molecule has 0 aromatic heterocycles. The van der Waals surface area contributed by atoms with Crippen molar-refractivity contribution in [2.75, 3.05) is 7.11 Å². The van der Waals surface area contributed by atoms with Crippen molar-refractivity contribution < 1.29 is 19.2 Å². The predicted molar refractivity (Wildman–Crippen MR) is 80.4 cm³/mol. The van der Waals surface area contributed by atoms with E-state index in [1.54, 1.807) is 0 Å². The van der Waals surface area contributed by atoms with Crippen LogP contribution in [0, 0.1) is 10.1 Å². The fourth-order valence-electron chi connectivity index (χ4n) is 2.06. The zero-order valence-corrected chi connectivity index (χ0v) is 12.2. The molecule has 0 saturated carbocycles. The van der Waals surface area contributed by atoms with Gasteiger partial charge in [0.1, 0.15) is 6.61 Å². The number of nitro groups is 1. The second-order valence-electron chi connectivity index (χ2n) is 4.58. The summed E-state index contributed by atoms with van der Waals surface area (Å²) in [6.07, 6.45) is 0. The summed E-state index contributed by atoms with van der Waals surface area (Å²) in [7, 11) is 1.29. The summed E-state index contributed by atoms with van der Waals surface area (Å²) >= 11 is 0. The normalized spacial score (nSPS) is 10.1. The number of hydrogen-bond acceptors (Lipinski definition) is 5. The molecule has 2 rings (SSSR count). The number of benzene rings is 2. The van der Waals surface area contributed by atoms with Gasteiger partial charge in [-0.1, -0.05) is 30.3 Å². The molecule has 0 spiro atoms. The Morgan fingerprint density at radius 2 is 1.86 bits per heavy atom. The van der Waals surface area contributed by atoms with Crippen molar-refractivity contribution in [3.8, 4) is 11.5 Å². The molecule has 0 N–H and O–H groups in total. The van der Waals surface area contributed by atoms with Crippen LogP contribution in [0.15, 0.2) is 42.5 Å². The molecule has 2 aromatic carbocycles. The van der Waals surface area contributed by atoms with Crippen LogP contribution in [0.3, 0.4) is 0 Å². The minimum atomic E-state index is -0.606. The number of carbonyl (C=O) groups excluding carboxylic acids is 1. The molecule has 22 heavy (non-hydrogen) atoms. The van der Waals surface area contributed by atoms with Crippen LogP contribution in [0.2, 0.25) is 0 Å². The molecule has 0 aliphatic heterocycles. The minimum absolute atomic E-state index is 0.0655. The number of nitro benzene ring substituents is 1. The van der Waals surface area contributed by atoms with Crippen molar-refractivity contribution >= 4 is 11.5 Å². The number of Topliss-reactive ketones (excluding diaryl/α,β-unsaturated/α-hetero) is 1. The number of carbonyl (C=O) groups is 1. The summed E-state index contributed by atoms with van der Waals surface area (Å²) in [6, 6.07) is 12.2. The van der Waals surface area contributed by atoms with Crippen LogP contribution in [-0.2, 0) is 6.61 Å². The molecule has 6 nitrogen and oxygen atoms in total. The van der Waals surface area contributed by atoms with Crippen LogP contribution in [0.4, 0.5) is 5.69 Å². The summed E-state index contributed by atoms with van der Waals surface area (Å²) < 4.78 is 10.6. The van der Waals surface area contributed by atoms with Gasteiger partial charge in [-0.25, -0.2) is 0 Å². The largest absolute Gasteiger partial charge is 0.490 e. The van der Waals surface area contributed by atoms with E-state index in [9.17, 15) is 14.9 Å². The first kappa shape index (κ1) is 15.5. The highest BCUT2D eigenvalue weighted by Gasteiger charge is 2.27. The summed E-state index contributed by atoms with van der Waals surface area (Å²) in [5, 5.41) is 11.3. The van der Waals surface area contributed by atoms with Crippen molar-refractivity contribution in [1.29, 1.82) is 0 Å². The van der Waals surface area contributed by atoms with E-state index in [0.717, 1.165) is 5.56 Å². The molecule has 0 heterocycles. The van der Waals surface area contributed by atoms with Gasteiger partial charge in [-0.05, 0) is 24.6 Å². The van der Waals surface area contributed by atoms with Crippen molar-refractivity contribution in [3.63, 3.8) is 0 Å². The van der Waals surface area contributed by atoms with E-state index in [-0.39, 0.29) is 35.1 Å². The third-order valence-electron chi connectivity index (χ3n) is 3.10. The predicted octanol–water partition coefficient (Wildman–Crippen LogP) is 3.39. The lowest BCUT2D eigenvalue weighted by molar-refractivity contribution is -0.386. The molecule has 0 unspecified atom stereocenters. The van der Waals surface area contributed by atoms with Crippen LogP contribution >= 0.6 is 0 Å². The van der Waals surface area contributed by atoms with Crippen molar-refractivity contribution in [3.05, 3.63) is 63.7 Å². The number of hydrogen-bond donors (Lipinski definition) is 0. The van der Waals surface area contributed by atoms with E-state index in [1.165, 1.54) is 26.2 Å². The van der Waals surface area contributed by atoms with Gasteiger partial charge in [0.2, 0.25) is 11.5 Å². The van der Waals surface area contributed by atoms with Crippen LogP contribution in [0.5, 0.6) is 11.5 Å². The smallest absolute Gasteiger partial charge is 0.353 e. The highest BCUT2D eigenvalue weighted by molar-refractivity contribution is 5.98. The third kappa shape index (κ3) is 3.22. The quantitative estimate of drug-likeness (QED) is 0.464. The monoisotopic (exact) mass is 301 g/mol. The third-order valence-corrected chi connectivity index (χ3v) is 3.10. The molecule has 0 atom stereocenters. The Kier molecular flexibility index (Phi) is 4.73. The zero-order valence-electron chi connectivity index (χ0n) is 12.2. The van der Waals surface area contributed by atoms with E-state index in [1.807, 2.05) is 30.3 Å². The average Bonchev–Trinajstić information content (AvgIpc) is 2.52. The second-order valence-corrected chi connectivity index (χ2v) is 4.58. The maximum absolute atomic E-state index is 11.5. The van der Waals surface area contributed by atoms with Gasteiger partial charge in [0.05, 0.1) is 17.6 Å². The van der Waals surface area contributed by atoms with Gasteiger partial charge < -0.3 is 9.47 Å². The summed E-state index contributed by atoms with van der Waals surface area (Å²) in [5.41, 5.74) is 0.693. The molecule has 0 aliphatic rings. The first-order valence-electron chi connectivity index (χ1n) is 6.57. The molecule has 0 aliphatic carbocycles. The first-order chi connectivity index (χ1) is 10.5. The highest BCUT2D eigenvalue weighted by Crippen LogP contribution is 2.40. The Balaban J connectivity index is 2.39. The molecule has 0 saturated heterocycles. The van der Waals surface area contributed by atoms with Gasteiger partial charge in [0.25, 0.3) is 0 Å². The van der Waals surface area contributed by atoms with Gasteiger partial charge in [-0.2, -0.15) is 0 Å². The fraction of sp³-hybridized carbons (Fsp3) is 0.188. The molecule has 114 valence electrons. The summed E-state index contributed by atoms with van der Waals surface area (Å²) in [6.45, 7) is 1.51. The van der Waals surface area contributed by atoms with E-state index < -0.39 is 4.92 Å². The maximum Gasteiger partial charge on any atom is 0.353 e. The summed E-state index contributed by atoms with van der Waals surface area (Å²) in [4.78, 5) is 22.3. The SMILES string of the molecule is COc1c(C(C)=O)ccc(OCc2ccccc2)c1[N+](=O)[O-]. The van der Waals surface area contributed by atoms with E-state index in [2.05, 4.69) is 0 Å². The van der Waals surface area contributed by atoms with Crippen molar-refractivity contribution in [2.45, 2.75) is 13.5 Å². The topological polar surface area (TPSA) is 78.7 Å². The molecular weight excluding hydrogens is 286 g/mol. The van der Waals surface area contributed by atoms with Crippen molar-refractivity contribution in [2.24, 2.45) is 0 Å². The van der Waals surface area contributed by atoms with Crippen LogP contribution in [-0.4, -0.2) is 17.8 Å². The number of nitrogens with zero attached hydrogens (tertiary/aromatic N) is 1. The maximum atomic E-state index is 11.5. The molecular formula is C16H15NO5. The first-order valence-corrected chi connectivity index (χ1v) is 6.57. The van der Waals surface area contributed by atoms with Crippen LogP contribution in [0.1, 0.15) is 22.8 Å². The molecule has 2 aromatic rings. The lowest BCUT2D eigenvalue weighted by atomic mass is 10.1. The molecule has 0 fully saturated rings. The Morgan fingerprint density at radius 1 is 1.18 bits per heavy atom. The summed E-state index contributed by atoms with van der Waals surface area (Å²) in [5.74, 6) is -0.326. The van der Waals surface area contributed by atoms with E-state index in [0.29, 0.717) is 0 Å². The standard InChI is InChI=1S/C16H15NO5/c1-11(18)13-8-9-14(15(17(19)20)16(13)21-2)22-10-12-6-4-3-5-7-12/h3-9H,10H2,1-2H3. The molecule has 0 radical (unpaired) electrons. The molecule has 6 heteroatoms. The van der Waals surface area contributed by atoms with Crippen LogP contribution in [0.25, 0.3) is 0 Å². The lowest BCUT2D eigenvalue weighted by Crippen LogP contribution is -2.05. The minimum Gasteiger partial charge on any atom is -0.490 e. The Labute approximate surface area is 127 Å².